The number of likely N-dealkylation sites (N-methyl/N-ethyl adjacent to an activating group) is 1. The molecule has 26 heavy (non-hydrogen) atoms. The molecule has 5 nitrogen and oxygen atoms in total. The van der Waals surface area contributed by atoms with Gasteiger partial charge in [0.2, 0.25) is 5.91 Å². The standard InChI is InChI=1S/C20H32N2O3S/c1-16(26-15-17-10-8-7-9-11-17)19(24)22(13-12-21(5)6)14-18(23)25-20(2,3)4/h7-11,16H,12-15H2,1-6H3. The Bertz CT molecular complexity index is 570. The maximum Gasteiger partial charge on any atom is 0.326 e. The van der Waals surface area contributed by atoms with Crippen molar-refractivity contribution >= 4 is 23.6 Å². The molecule has 1 unspecified atom stereocenters. The third-order valence-electron chi connectivity index (χ3n) is 3.56. The summed E-state index contributed by atoms with van der Waals surface area (Å²) in [5, 5.41) is -0.222. The Kier molecular flexibility index (Phi) is 9.16. The van der Waals surface area contributed by atoms with Gasteiger partial charge in [0, 0.05) is 18.8 Å². The minimum absolute atomic E-state index is 0.0137. The molecule has 1 amide bonds. The molecule has 0 spiro atoms. The van der Waals surface area contributed by atoms with Gasteiger partial charge in [-0.2, -0.15) is 0 Å². The Morgan fingerprint density at radius 3 is 2.27 bits per heavy atom. The molecule has 0 N–H and O–H groups in total. The van der Waals surface area contributed by atoms with E-state index >= 15 is 0 Å². The van der Waals surface area contributed by atoms with E-state index in [9.17, 15) is 9.59 Å². The topological polar surface area (TPSA) is 49.9 Å². The van der Waals surface area contributed by atoms with E-state index < -0.39 is 5.60 Å². The number of rotatable bonds is 9. The summed E-state index contributed by atoms with van der Waals surface area (Å²) in [6.07, 6.45) is 0. The van der Waals surface area contributed by atoms with Crippen molar-refractivity contribution in [2.75, 3.05) is 33.7 Å². The SMILES string of the molecule is CC(SCc1ccccc1)C(=O)N(CCN(C)C)CC(=O)OC(C)(C)C. The number of amides is 1. The van der Waals surface area contributed by atoms with Crippen LogP contribution in [-0.2, 0) is 20.1 Å². The van der Waals surface area contributed by atoms with Crippen molar-refractivity contribution in [3.8, 4) is 0 Å². The maximum atomic E-state index is 12.9. The Hall–Kier alpha value is -1.53. The monoisotopic (exact) mass is 380 g/mol. The Balaban J connectivity index is 2.67. The van der Waals surface area contributed by atoms with Crippen LogP contribution in [0.4, 0.5) is 0 Å². The second-order valence-corrected chi connectivity index (χ2v) is 8.92. The number of carbonyl (C=O) groups excluding carboxylic acids is 2. The van der Waals surface area contributed by atoms with E-state index in [1.54, 1.807) is 16.7 Å². The quantitative estimate of drug-likeness (QED) is 0.616. The number of benzene rings is 1. The third kappa shape index (κ3) is 9.25. The molecule has 0 radical (unpaired) electrons. The van der Waals surface area contributed by atoms with Crippen LogP contribution < -0.4 is 0 Å². The van der Waals surface area contributed by atoms with Crippen molar-refractivity contribution in [2.24, 2.45) is 0 Å². The van der Waals surface area contributed by atoms with E-state index in [1.807, 2.05) is 64.9 Å². The molecular formula is C20H32N2O3S. The summed E-state index contributed by atoms with van der Waals surface area (Å²) in [6.45, 7) is 8.57. The lowest BCUT2D eigenvalue weighted by Gasteiger charge is -2.28. The van der Waals surface area contributed by atoms with Crippen molar-refractivity contribution in [3.63, 3.8) is 0 Å². The maximum absolute atomic E-state index is 12.9. The van der Waals surface area contributed by atoms with Gasteiger partial charge < -0.3 is 14.5 Å². The molecule has 1 aromatic carbocycles. The lowest BCUT2D eigenvalue weighted by Crippen LogP contribution is -2.44. The van der Waals surface area contributed by atoms with Crippen LogP contribution >= 0.6 is 11.8 Å². The van der Waals surface area contributed by atoms with E-state index in [2.05, 4.69) is 12.1 Å². The van der Waals surface area contributed by atoms with Gasteiger partial charge >= 0.3 is 5.97 Å². The van der Waals surface area contributed by atoms with E-state index in [-0.39, 0.29) is 23.7 Å². The van der Waals surface area contributed by atoms with Gasteiger partial charge in [-0.25, -0.2) is 0 Å². The van der Waals surface area contributed by atoms with Crippen LogP contribution in [0.2, 0.25) is 0 Å². The highest BCUT2D eigenvalue weighted by Crippen LogP contribution is 2.19. The molecule has 0 saturated carbocycles. The molecule has 1 rings (SSSR count). The summed E-state index contributed by atoms with van der Waals surface area (Å²) in [4.78, 5) is 28.6. The normalized spacial score (nSPS) is 12.7. The second kappa shape index (κ2) is 10.6. The highest BCUT2D eigenvalue weighted by molar-refractivity contribution is 7.99. The summed E-state index contributed by atoms with van der Waals surface area (Å²) in [5.41, 5.74) is 0.630. The van der Waals surface area contributed by atoms with Crippen LogP contribution in [0.1, 0.15) is 33.3 Å². The zero-order valence-corrected chi connectivity index (χ0v) is 17.6. The molecule has 1 atom stereocenters. The lowest BCUT2D eigenvalue weighted by atomic mass is 10.2. The number of hydrogen-bond donors (Lipinski definition) is 0. The zero-order valence-electron chi connectivity index (χ0n) is 16.8. The number of ether oxygens (including phenoxy) is 1. The summed E-state index contributed by atoms with van der Waals surface area (Å²) < 4.78 is 5.38. The van der Waals surface area contributed by atoms with Crippen LogP contribution in [0.15, 0.2) is 30.3 Å². The van der Waals surface area contributed by atoms with Crippen molar-refractivity contribution in [2.45, 2.75) is 44.3 Å². The van der Waals surface area contributed by atoms with Crippen LogP contribution in [0.5, 0.6) is 0 Å². The van der Waals surface area contributed by atoms with Crippen molar-refractivity contribution < 1.29 is 14.3 Å². The van der Waals surface area contributed by atoms with Crippen molar-refractivity contribution in [1.82, 2.24) is 9.80 Å². The van der Waals surface area contributed by atoms with Gasteiger partial charge in [-0.15, -0.1) is 11.8 Å². The fraction of sp³-hybridized carbons (Fsp3) is 0.600. The number of esters is 1. The second-order valence-electron chi connectivity index (χ2n) is 7.59. The van der Waals surface area contributed by atoms with E-state index in [4.69, 9.17) is 4.74 Å². The molecule has 0 saturated heterocycles. The zero-order chi connectivity index (χ0) is 19.7. The summed E-state index contributed by atoms with van der Waals surface area (Å²) in [6, 6.07) is 10.1. The predicted molar refractivity (Wildman–Crippen MR) is 108 cm³/mol. The Morgan fingerprint density at radius 2 is 1.73 bits per heavy atom. The number of hydrogen-bond acceptors (Lipinski definition) is 5. The van der Waals surface area contributed by atoms with Crippen LogP contribution in [-0.4, -0.2) is 66.3 Å². The highest BCUT2D eigenvalue weighted by atomic mass is 32.2. The molecule has 6 heteroatoms. The smallest absolute Gasteiger partial charge is 0.326 e. The first-order valence-electron chi connectivity index (χ1n) is 8.89. The van der Waals surface area contributed by atoms with Crippen molar-refractivity contribution in [3.05, 3.63) is 35.9 Å². The fourth-order valence-corrected chi connectivity index (χ4v) is 3.17. The minimum atomic E-state index is -0.555. The molecule has 0 aliphatic heterocycles. The van der Waals surface area contributed by atoms with E-state index in [1.165, 1.54) is 5.56 Å². The third-order valence-corrected chi connectivity index (χ3v) is 4.76. The van der Waals surface area contributed by atoms with Crippen molar-refractivity contribution in [1.29, 1.82) is 0 Å². The first-order valence-corrected chi connectivity index (χ1v) is 9.94. The summed E-state index contributed by atoms with van der Waals surface area (Å²) in [5.74, 6) is 0.366. The molecule has 0 aliphatic carbocycles. The average Bonchev–Trinajstić information content (AvgIpc) is 2.55. The largest absolute Gasteiger partial charge is 0.459 e. The molecule has 1 aromatic rings. The number of carbonyl (C=O) groups is 2. The Morgan fingerprint density at radius 1 is 1.12 bits per heavy atom. The first kappa shape index (κ1) is 22.5. The lowest BCUT2D eigenvalue weighted by molar-refractivity contribution is -0.158. The molecule has 0 bridgehead atoms. The predicted octanol–water partition coefficient (Wildman–Crippen LogP) is 3.04. The molecule has 0 fully saturated rings. The first-order chi connectivity index (χ1) is 12.1. The van der Waals surface area contributed by atoms with Crippen LogP contribution in [0.25, 0.3) is 0 Å². The van der Waals surface area contributed by atoms with Gasteiger partial charge in [0.15, 0.2) is 0 Å². The molecule has 146 valence electrons. The molecule has 0 heterocycles. The number of nitrogens with zero attached hydrogens (tertiary/aromatic N) is 2. The summed E-state index contributed by atoms with van der Waals surface area (Å²) >= 11 is 1.58. The fourth-order valence-electron chi connectivity index (χ4n) is 2.24. The van der Waals surface area contributed by atoms with Crippen LogP contribution in [0, 0.1) is 0 Å². The summed E-state index contributed by atoms with van der Waals surface area (Å²) in [7, 11) is 3.90. The highest BCUT2D eigenvalue weighted by Gasteiger charge is 2.25. The van der Waals surface area contributed by atoms with Gasteiger partial charge in [0.1, 0.15) is 12.1 Å². The van der Waals surface area contributed by atoms with Gasteiger partial charge in [-0.3, -0.25) is 9.59 Å². The number of thioether (sulfide) groups is 1. The molecule has 0 aliphatic rings. The minimum Gasteiger partial charge on any atom is -0.459 e. The molecular weight excluding hydrogens is 348 g/mol. The molecule has 0 aromatic heterocycles. The van der Waals surface area contributed by atoms with Gasteiger partial charge in [-0.1, -0.05) is 30.3 Å². The van der Waals surface area contributed by atoms with E-state index in [0.29, 0.717) is 13.1 Å². The van der Waals surface area contributed by atoms with E-state index in [0.717, 1.165) is 5.75 Å². The van der Waals surface area contributed by atoms with Crippen LogP contribution in [0.3, 0.4) is 0 Å². The van der Waals surface area contributed by atoms with Gasteiger partial charge in [-0.05, 0) is 47.4 Å². The Labute approximate surface area is 162 Å². The van der Waals surface area contributed by atoms with Gasteiger partial charge in [0.25, 0.3) is 0 Å². The van der Waals surface area contributed by atoms with Gasteiger partial charge in [0.05, 0.1) is 5.25 Å². The average molecular weight is 381 g/mol.